The molecule has 0 aliphatic heterocycles. The van der Waals surface area contributed by atoms with Crippen molar-refractivity contribution >= 4 is 11.0 Å². The molecule has 4 aromatic rings. The largest absolute Gasteiger partial charge is 0.422 e. The average Bonchev–Trinajstić information content (AvgIpc) is 2.62. The van der Waals surface area contributed by atoms with Crippen LogP contribution in [-0.4, -0.2) is 0 Å². The van der Waals surface area contributed by atoms with Crippen molar-refractivity contribution in [3.05, 3.63) is 94.8 Å². The van der Waals surface area contributed by atoms with Gasteiger partial charge >= 0.3 is 5.63 Å². The van der Waals surface area contributed by atoms with Crippen molar-refractivity contribution in [3.8, 4) is 22.3 Å². The second-order valence-electron chi connectivity index (χ2n) is 5.87. The van der Waals surface area contributed by atoms with Gasteiger partial charge in [0, 0.05) is 10.9 Å². The second kappa shape index (κ2) is 5.82. The molecular formula is C22H16O2. The van der Waals surface area contributed by atoms with Crippen molar-refractivity contribution in [3.63, 3.8) is 0 Å². The van der Waals surface area contributed by atoms with E-state index in [1.54, 1.807) is 0 Å². The van der Waals surface area contributed by atoms with Crippen molar-refractivity contribution in [1.82, 2.24) is 0 Å². The predicted octanol–water partition coefficient (Wildman–Crippen LogP) is 5.44. The smallest absolute Gasteiger partial charge is 0.344 e. The maximum Gasteiger partial charge on any atom is 0.344 e. The van der Waals surface area contributed by atoms with Crippen LogP contribution in [0.1, 0.15) is 5.56 Å². The maximum atomic E-state index is 12.7. The summed E-state index contributed by atoms with van der Waals surface area (Å²) in [4.78, 5) is 12.7. The van der Waals surface area contributed by atoms with Gasteiger partial charge in [-0.1, -0.05) is 78.4 Å². The maximum absolute atomic E-state index is 12.7. The first-order chi connectivity index (χ1) is 11.7. The van der Waals surface area contributed by atoms with E-state index in [9.17, 15) is 4.79 Å². The van der Waals surface area contributed by atoms with Crippen molar-refractivity contribution in [1.29, 1.82) is 0 Å². The van der Waals surface area contributed by atoms with Crippen LogP contribution < -0.4 is 5.63 Å². The van der Waals surface area contributed by atoms with Crippen molar-refractivity contribution in [2.24, 2.45) is 0 Å². The minimum Gasteiger partial charge on any atom is -0.422 e. The number of aryl methyl sites for hydroxylation is 1. The molecule has 0 amide bonds. The first-order valence-corrected chi connectivity index (χ1v) is 7.92. The van der Waals surface area contributed by atoms with Crippen LogP contribution in [0.2, 0.25) is 0 Å². The number of hydrogen-bond donors (Lipinski definition) is 0. The molecule has 0 atom stereocenters. The van der Waals surface area contributed by atoms with E-state index in [0.717, 1.165) is 22.1 Å². The summed E-state index contributed by atoms with van der Waals surface area (Å²) < 4.78 is 5.58. The molecule has 0 saturated carbocycles. The molecule has 0 radical (unpaired) electrons. The minimum absolute atomic E-state index is 0.310. The summed E-state index contributed by atoms with van der Waals surface area (Å²) in [6.07, 6.45) is 0. The van der Waals surface area contributed by atoms with Crippen molar-refractivity contribution in [2.45, 2.75) is 6.92 Å². The first kappa shape index (κ1) is 14.5. The Kier molecular flexibility index (Phi) is 3.51. The van der Waals surface area contributed by atoms with Gasteiger partial charge in [0.25, 0.3) is 0 Å². The van der Waals surface area contributed by atoms with Gasteiger partial charge in [-0.15, -0.1) is 0 Å². The van der Waals surface area contributed by atoms with Crippen LogP contribution in [-0.2, 0) is 0 Å². The highest BCUT2D eigenvalue weighted by Crippen LogP contribution is 2.35. The van der Waals surface area contributed by atoms with Gasteiger partial charge in [-0.25, -0.2) is 4.79 Å². The first-order valence-electron chi connectivity index (χ1n) is 7.92. The van der Waals surface area contributed by atoms with Gasteiger partial charge in [0.15, 0.2) is 0 Å². The Labute approximate surface area is 140 Å². The summed E-state index contributed by atoms with van der Waals surface area (Å²) in [7, 11) is 0. The van der Waals surface area contributed by atoms with E-state index < -0.39 is 0 Å². The van der Waals surface area contributed by atoms with Gasteiger partial charge in [-0.2, -0.15) is 0 Å². The zero-order chi connectivity index (χ0) is 16.5. The monoisotopic (exact) mass is 312 g/mol. The van der Waals surface area contributed by atoms with Crippen LogP contribution >= 0.6 is 0 Å². The molecule has 0 aliphatic carbocycles. The lowest BCUT2D eigenvalue weighted by molar-refractivity contribution is 0.564. The molecule has 3 aromatic carbocycles. The van der Waals surface area contributed by atoms with Gasteiger partial charge in [0.1, 0.15) is 5.58 Å². The lowest BCUT2D eigenvalue weighted by Crippen LogP contribution is -2.06. The third kappa shape index (κ3) is 2.42. The highest BCUT2D eigenvalue weighted by molar-refractivity contribution is 6.01. The molecule has 0 spiro atoms. The predicted molar refractivity (Wildman–Crippen MR) is 98.1 cm³/mol. The van der Waals surface area contributed by atoms with E-state index in [1.807, 2.05) is 54.6 Å². The molecule has 116 valence electrons. The summed E-state index contributed by atoms with van der Waals surface area (Å²) >= 11 is 0. The Bertz CT molecular complexity index is 1060. The van der Waals surface area contributed by atoms with E-state index in [-0.39, 0.29) is 5.63 Å². The molecule has 2 heteroatoms. The molecule has 0 unspecified atom stereocenters. The SMILES string of the molecule is Cc1ccc(-c2c(-c3ccccc3)c(=O)oc3ccccc23)cc1. The number of hydrogen-bond acceptors (Lipinski definition) is 2. The number of para-hydroxylation sites is 1. The molecule has 0 aliphatic rings. The minimum atomic E-state index is -0.310. The molecule has 4 rings (SSSR count). The fourth-order valence-corrected chi connectivity index (χ4v) is 3.04. The van der Waals surface area contributed by atoms with Gasteiger partial charge in [-0.3, -0.25) is 0 Å². The topological polar surface area (TPSA) is 30.2 Å². The van der Waals surface area contributed by atoms with E-state index >= 15 is 0 Å². The van der Waals surface area contributed by atoms with Gasteiger partial charge < -0.3 is 4.42 Å². The molecule has 24 heavy (non-hydrogen) atoms. The van der Waals surface area contributed by atoms with E-state index in [4.69, 9.17) is 4.42 Å². The van der Waals surface area contributed by atoms with Crippen molar-refractivity contribution in [2.75, 3.05) is 0 Å². The molecular weight excluding hydrogens is 296 g/mol. The highest BCUT2D eigenvalue weighted by Gasteiger charge is 2.17. The van der Waals surface area contributed by atoms with Crippen LogP contribution in [0.4, 0.5) is 0 Å². The Balaban J connectivity index is 2.15. The lowest BCUT2D eigenvalue weighted by atomic mass is 9.93. The van der Waals surface area contributed by atoms with Crippen LogP contribution in [0.3, 0.4) is 0 Å². The van der Waals surface area contributed by atoms with Crippen LogP contribution in [0.5, 0.6) is 0 Å². The normalized spacial score (nSPS) is 10.9. The second-order valence-corrected chi connectivity index (χ2v) is 5.87. The van der Waals surface area contributed by atoms with Gasteiger partial charge in [0.05, 0.1) is 5.56 Å². The summed E-state index contributed by atoms with van der Waals surface area (Å²) in [5, 5.41) is 0.944. The van der Waals surface area contributed by atoms with E-state index in [2.05, 4.69) is 31.2 Å². The summed E-state index contributed by atoms with van der Waals surface area (Å²) in [6, 6.07) is 25.6. The zero-order valence-corrected chi connectivity index (χ0v) is 13.3. The third-order valence-electron chi connectivity index (χ3n) is 4.22. The van der Waals surface area contributed by atoms with Gasteiger partial charge in [0.2, 0.25) is 0 Å². The average molecular weight is 312 g/mol. The molecule has 1 heterocycles. The third-order valence-corrected chi connectivity index (χ3v) is 4.22. The molecule has 0 fully saturated rings. The standard InChI is InChI=1S/C22H16O2/c1-15-11-13-17(14-12-15)20-18-9-5-6-10-19(18)24-22(23)21(20)16-7-3-2-4-8-16/h2-14H,1H3. The fraction of sp³-hybridized carbons (Fsp3) is 0.0455. The van der Waals surface area contributed by atoms with Crippen molar-refractivity contribution < 1.29 is 4.42 Å². The lowest BCUT2D eigenvalue weighted by Gasteiger charge is -2.12. The number of fused-ring (bicyclic) bond motifs is 1. The van der Waals surface area contributed by atoms with Crippen LogP contribution in [0.25, 0.3) is 33.2 Å². The Morgan fingerprint density at radius 3 is 2.04 bits per heavy atom. The van der Waals surface area contributed by atoms with Crippen LogP contribution in [0.15, 0.2) is 88.1 Å². The molecule has 0 N–H and O–H groups in total. The number of benzene rings is 3. The zero-order valence-electron chi connectivity index (χ0n) is 13.3. The summed E-state index contributed by atoms with van der Waals surface area (Å²) in [5.41, 5.74) is 4.91. The molecule has 0 bridgehead atoms. The molecule has 2 nitrogen and oxygen atoms in total. The van der Waals surface area contributed by atoms with Gasteiger partial charge in [-0.05, 0) is 24.1 Å². The fourth-order valence-electron chi connectivity index (χ4n) is 3.04. The highest BCUT2D eigenvalue weighted by atomic mass is 16.4. The number of rotatable bonds is 2. The Morgan fingerprint density at radius 1 is 0.667 bits per heavy atom. The Hall–Kier alpha value is -3.13. The molecule has 0 saturated heterocycles. The van der Waals surface area contributed by atoms with E-state index in [1.165, 1.54) is 5.56 Å². The van der Waals surface area contributed by atoms with E-state index in [0.29, 0.717) is 11.1 Å². The Morgan fingerprint density at radius 2 is 1.29 bits per heavy atom. The quantitative estimate of drug-likeness (QED) is 0.462. The summed E-state index contributed by atoms with van der Waals surface area (Å²) in [5.74, 6) is 0. The van der Waals surface area contributed by atoms with Crippen LogP contribution in [0, 0.1) is 6.92 Å². The summed E-state index contributed by atoms with van der Waals surface area (Å²) in [6.45, 7) is 2.05. The molecule has 1 aromatic heterocycles.